The Morgan fingerprint density at radius 2 is 2.20 bits per heavy atom. The first-order valence-electron chi connectivity index (χ1n) is 2.14. The standard InChI is InChI=1S/C3H3Cl2N3O.Na.H/c4-7-1-6-3(9)8(5)2-7;;/h1H,2H2;;. The molecule has 0 spiro atoms. The maximum absolute atomic E-state index is 10.5. The van der Waals surface area contributed by atoms with Gasteiger partial charge in [-0.15, -0.1) is 0 Å². The van der Waals surface area contributed by atoms with Crippen LogP contribution in [0, 0.1) is 0 Å². The van der Waals surface area contributed by atoms with Crippen LogP contribution < -0.4 is 0 Å². The second-order valence-corrected chi connectivity index (χ2v) is 2.27. The van der Waals surface area contributed by atoms with Gasteiger partial charge < -0.3 is 0 Å². The Morgan fingerprint density at radius 1 is 1.60 bits per heavy atom. The quantitative estimate of drug-likeness (QED) is 0.410. The van der Waals surface area contributed by atoms with E-state index in [2.05, 4.69) is 4.99 Å². The Bertz CT molecular complexity index is 164. The molecule has 0 aromatic heterocycles. The molecule has 7 heteroatoms. The average Bonchev–Trinajstić information content (AvgIpc) is 1.80. The van der Waals surface area contributed by atoms with Crippen molar-refractivity contribution in [2.45, 2.75) is 0 Å². The van der Waals surface area contributed by atoms with Gasteiger partial charge in [-0.1, -0.05) is 0 Å². The van der Waals surface area contributed by atoms with Crippen LogP contribution in [0.4, 0.5) is 4.79 Å². The molecule has 0 N–H and O–H groups in total. The van der Waals surface area contributed by atoms with Gasteiger partial charge in [-0.05, 0) is 0 Å². The molecule has 0 saturated carbocycles. The van der Waals surface area contributed by atoms with Crippen LogP contribution in [0.1, 0.15) is 0 Å². The Balaban J connectivity index is 0.000000810. The molecule has 0 atom stereocenters. The van der Waals surface area contributed by atoms with E-state index in [0.29, 0.717) is 0 Å². The summed E-state index contributed by atoms with van der Waals surface area (Å²) in [6.07, 6.45) is 1.21. The number of carbonyl (C=O) groups is 1. The van der Waals surface area contributed by atoms with Crippen molar-refractivity contribution >= 4 is 65.5 Å². The van der Waals surface area contributed by atoms with Crippen molar-refractivity contribution in [3.63, 3.8) is 0 Å². The monoisotopic (exact) mass is 191 g/mol. The molecule has 1 heterocycles. The molecule has 0 unspecified atom stereocenters. The van der Waals surface area contributed by atoms with Crippen LogP contribution in [0.3, 0.4) is 0 Å². The van der Waals surface area contributed by atoms with Crippen LogP contribution in [0.2, 0.25) is 0 Å². The molecule has 0 fully saturated rings. The molecule has 1 aliphatic heterocycles. The minimum absolute atomic E-state index is 0. The fourth-order valence-corrected chi connectivity index (χ4v) is 0.754. The predicted octanol–water partition coefficient (Wildman–Crippen LogP) is 0.369. The molecule has 10 heavy (non-hydrogen) atoms. The third kappa shape index (κ3) is 2.64. The maximum atomic E-state index is 10.5. The summed E-state index contributed by atoms with van der Waals surface area (Å²) in [6.45, 7) is 0.158. The Kier molecular flexibility index (Phi) is 4.64. The van der Waals surface area contributed by atoms with Crippen molar-refractivity contribution in [1.82, 2.24) is 8.84 Å². The van der Waals surface area contributed by atoms with Crippen LogP contribution >= 0.6 is 23.6 Å². The second-order valence-electron chi connectivity index (χ2n) is 1.43. The molecular weight excluding hydrogens is 188 g/mol. The third-order valence-corrected chi connectivity index (χ3v) is 1.21. The number of nitrogens with zero attached hydrogens (tertiary/aromatic N) is 3. The van der Waals surface area contributed by atoms with Gasteiger partial charge in [-0.3, -0.25) is 4.42 Å². The number of rotatable bonds is 0. The normalized spacial score (nSPS) is 17.2. The van der Waals surface area contributed by atoms with Crippen LogP contribution in [0.25, 0.3) is 0 Å². The van der Waals surface area contributed by atoms with Gasteiger partial charge in [-0.2, -0.15) is 4.99 Å². The fraction of sp³-hybridized carbons (Fsp3) is 0.333. The number of urea groups is 1. The van der Waals surface area contributed by atoms with Gasteiger partial charge >= 0.3 is 35.6 Å². The Labute approximate surface area is 90.3 Å². The second kappa shape index (κ2) is 4.41. The number of aliphatic imine (C=N–C) groups is 1. The third-order valence-electron chi connectivity index (χ3n) is 0.760. The van der Waals surface area contributed by atoms with Gasteiger partial charge in [0, 0.05) is 23.6 Å². The minimum atomic E-state index is -0.492. The predicted molar refractivity (Wildman–Crippen MR) is 41.3 cm³/mol. The van der Waals surface area contributed by atoms with Gasteiger partial charge in [0.15, 0.2) is 0 Å². The number of hydrogen-bond acceptors (Lipinski definition) is 2. The molecule has 2 amide bonds. The van der Waals surface area contributed by atoms with Gasteiger partial charge in [0.1, 0.15) is 13.0 Å². The van der Waals surface area contributed by atoms with Crippen molar-refractivity contribution in [2.24, 2.45) is 4.99 Å². The zero-order chi connectivity index (χ0) is 6.85. The number of hydrogen-bond donors (Lipinski definition) is 0. The van der Waals surface area contributed by atoms with E-state index >= 15 is 0 Å². The summed E-state index contributed by atoms with van der Waals surface area (Å²) in [6, 6.07) is -0.492. The fourth-order valence-electron chi connectivity index (χ4n) is 0.390. The van der Waals surface area contributed by atoms with E-state index in [9.17, 15) is 4.79 Å². The molecule has 0 aliphatic carbocycles. The van der Waals surface area contributed by atoms with Crippen molar-refractivity contribution in [3.8, 4) is 0 Å². The Morgan fingerprint density at radius 3 is 2.60 bits per heavy atom. The van der Waals surface area contributed by atoms with Gasteiger partial charge in [0.05, 0.1) is 0 Å². The van der Waals surface area contributed by atoms with E-state index in [1.807, 2.05) is 0 Å². The van der Waals surface area contributed by atoms with Gasteiger partial charge in [0.2, 0.25) is 0 Å². The summed E-state index contributed by atoms with van der Waals surface area (Å²) in [5, 5.41) is 0. The van der Waals surface area contributed by atoms with E-state index in [1.165, 1.54) is 10.8 Å². The van der Waals surface area contributed by atoms with E-state index in [4.69, 9.17) is 23.6 Å². The van der Waals surface area contributed by atoms with Gasteiger partial charge in [0.25, 0.3) is 0 Å². The van der Waals surface area contributed by atoms with Crippen molar-refractivity contribution in [2.75, 3.05) is 6.67 Å². The van der Waals surface area contributed by atoms with E-state index in [-0.39, 0.29) is 36.2 Å². The topological polar surface area (TPSA) is 35.9 Å². The molecule has 0 bridgehead atoms. The van der Waals surface area contributed by atoms with Crippen LogP contribution in [-0.4, -0.2) is 57.4 Å². The van der Waals surface area contributed by atoms with Crippen LogP contribution in [0.5, 0.6) is 0 Å². The summed E-state index contributed by atoms with van der Waals surface area (Å²) < 4.78 is 2.06. The number of amides is 2. The molecular formula is C3H4Cl2N3NaO. The van der Waals surface area contributed by atoms with Crippen LogP contribution in [0.15, 0.2) is 4.99 Å². The summed E-state index contributed by atoms with van der Waals surface area (Å²) in [7, 11) is 0. The zero-order valence-electron chi connectivity index (χ0n) is 4.29. The molecule has 1 aliphatic rings. The van der Waals surface area contributed by atoms with Gasteiger partial charge in [-0.25, -0.2) is 9.21 Å². The molecule has 1 rings (SSSR count). The van der Waals surface area contributed by atoms with Crippen LogP contribution in [-0.2, 0) is 0 Å². The number of halogens is 2. The Hall–Kier alpha value is 0.520. The first kappa shape index (κ1) is 10.5. The molecule has 0 saturated heterocycles. The average molecular weight is 192 g/mol. The molecule has 0 aromatic carbocycles. The van der Waals surface area contributed by atoms with E-state index in [1.54, 1.807) is 0 Å². The van der Waals surface area contributed by atoms with Crippen molar-refractivity contribution in [3.05, 3.63) is 0 Å². The zero-order valence-corrected chi connectivity index (χ0v) is 5.80. The molecule has 0 radical (unpaired) electrons. The first-order chi connectivity index (χ1) is 4.20. The summed E-state index contributed by atoms with van der Waals surface area (Å²) in [5.74, 6) is 0. The number of carbonyl (C=O) groups excluding carboxylic acids is 1. The van der Waals surface area contributed by atoms with Crippen molar-refractivity contribution in [1.29, 1.82) is 0 Å². The molecule has 0 aromatic rings. The van der Waals surface area contributed by atoms with Crippen molar-refractivity contribution < 1.29 is 4.79 Å². The summed E-state index contributed by atoms with van der Waals surface area (Å²) in [4.78, 5) is 13.8. The SMILES string of the molecule is O=C1N=CN(Cl)CN1Cl.[NaH]. The summed E-state index contributed by atoms with van der Waals surface area (Å²) in [5.41, 5.74) is 0. The molecule has 52 valence electrons. The molecule has 4 nitrogen and oxygen atoms in total. The summed E-state index contributed by atoms with van der Waals surface area (Å²) >= 11 is 10.7. The van der Waals surface area contributed by atoms with E-state index in [0.717, 1.165) is 4.42 Å². The van der Waals surface area contributed by atoms with E-state index < -0.39 is 6.03 Å². The first-order valence-corrected chi connectivity index (χ1v) is 2.81.